The average molecular weight is 250 g/mol. The summed E-state index contributed by atoms with van der Waals surface area (Å²) in [5, 5.41) is 19.4. The molecule has 0 aliphatic heterocycles. The molecule has 0 unspecified atom stereocenters. The van der Waals surface area contributed by atoms with Crippen LogP contribution in [0.1, 0.15) is 22.5 Å². The minimum Gasteiger partial charge on any atom is -0.478 e. The summed E-state index contributed by atoms with van der Waals surface area (Å²) in [6.45, 7) is 2.11. The molecular formula is C11H14N4O3. The normalized spacial score (nSPS) is 10.7. The van der Waals surface area contributed by atoms with Crippen molar-refractivity contribution in [3.8, 4) is 0 Å². The van der Waals surface area contributed by atoms with Gasteiger partial charge >= 0.3 is 5.97 Å². The first-order valence-electron chi connectivity index (χ1n) is 5.61. The van der Waals surface area contributed by atoms with Crippen molar-refractivity contribution in [2.75, 3.05) is 6.54 Å². The van der Waals surface area contributed by atoms with Gasteiger partial charge in [0.15, 0.2) is 0 Å². The van der Waals surface area contributed by atoms with Crippen LogP contribution < -0.4 is 5.32 Å². The Morgan fingerprint density at radius 3 is 3.11 bits per heavy atom. The summed E-state index contributed by atoms with van der Waals surface area (Å²) in [5.41, 5.74) is 0.175. The second kappa shape index (κ2) is 5.97. The number of aromatic carboxylic acids is 1. The zero-order chi connectivity index (χ0) is 12.8. The van der Waals surface area contributed by atoms with E-state index in [1.807, 2.05) is 6.20 Å². The molecular weight excluding hydrogens is 236 g/mol. The van der Waals surface area contributed by atoms with E-state index >= 15 is 0 Å². The molecule has 2 aromatic heterocycles. The maximum atomic E-state index is 10.6. The minimum absolute atomic E-state index is 0.175. The van der Waals surface area contributed by atoms with Crippen LogP contribution in [-0.2, 0) is 13.1 Å². The van der Waals surface area contributed by atoms with E-state index in [1.54, 1.807) is 10.9 Å². The maximum Gasteiger partial charge on any atom is 0.338 e. The molecule has 2 aromatic rings. The fraction of sp³-hybridized carbons (Fsp3) is 0.364. The molecule has 0 fully saturated rings. The Labute approximate surface area is 103 Å². The standard InChI is InChI=1S/C11H14N4O3/c16-11(17)9-6-10(18-8-9)7-12-2-1-4-15-5-3-13-14-15/h3,5-6,8,12H,1-2,4,7H2,(H,16,17). The molecule has 96 valence electrons. The molecule has 0 spiro atoms. The highest BCUT2D eigenvalue weighted by molar-refractivity contribution is 5.87. The van der Waals surface area contributed by atoms with E-state index in [0.717, 1.165) is 19.5 Å². The molecule has 18 heavy (non-hydrogen) atoms. The number of carbonyl (C=O) groups is 1. The lowest BCUT2D eigenvalue weighted by Crippen LogP contribution is -2.16. The Balaban J connectivity index is 1.64. The van der Waals surface area contributed by atoms with Crippen molar-refractivity contribution in [3.63, 3.8) is 0 Å². The number of aromatic nitrogens is 3. The smallest absolute Gasteiger partial charge is 0.338 e. The van der Waals surface area contributed by atoms with Gasteiger partial charge in [-0.1, -0.05) is 5.21 Å². The quantitative estimate of drug-likeness (QED) is 0.704. The van der Waals surface area contributed by atoms with E-state index < -0.39 is 5.97 Å². The summed E-state index contributed by atoms with van der Waals surface area (Å²) >= 11 is 0. The van der Waals surface area contributed by atoms with Gasteiger partial charge in [0, 0.05) is 12.7 Å². The molecule has 2 rings (SSSR count). The molecule has 0 aliphatic rings. The van der Waals surface area contributed by atoms with E-state index in [4.69, 9.17) is 9.52 Å². The van der Waals surface area contributed by atoms with Crippen LogP contribution in [-0.4, -0.2) is 32.6 Å². The summed E-state index contributed by atoms with van der Waals surface area (Å²) in [7, 11) is 0. The summed E-state index contributed by atoms with van der Waals surface area (Å²) in [6, 6.07) is 1.52. The molecule has 0 saturated heterocycles. The van der Waals surface area contributed by atoms with E-state index in [1.165, 1.54) is 12.3 Å². The lowest BCUT2D eigenvalue weighted by Gasteiger charge is -2.02. The Morgan fingerprint density at radius 2 is 2.44 bits per heavy atom. The van der Waals surface area contributed by atoms with Gasteiger partial charge in [0.2, 0.25) is 0 Å². The van der Waals surface area contributed by atoms with E-state index in [2.05, 4.69) is 15.6 Å². The van der Waals surface area contributed by atoms with Crippen molar-refractivity contribution in [1.82, 2.24) is 20.3 Å². The zero-order valence-corrected chi connectivity index (χ0v) is 9.74. The van der Waals surface area contributed by atoms with Crippen molar-refractivity contribution in [3.05, 3.63) is 36.0 Å². The summed E-state index contributed by atoms with van der Waals surface area (Å²) in [6.07, 6.45) is 5.61. The van der Waals surface area contributed by atoms with Gasteiger partial charge in [0.05, 0.1) is 18.3 Å². The molecule has 0 amide bonds. The van der Waals surface area contributed by atoms with Gasteiger partial charge in [-0.2, -0.15) is 0 Å². The van der Waals surface area contributed by atoms with Crippen molar-refractivity contribution in [2.24, 2.45) is 0 Å². The zero-order valence-electron chi connectivity index (χ0n) is 9.74. The molecule has 7 nitrogen and oxygen atoms in total. The number of furan rings is 1. The predicted octanol–water partition coefficient (Wildman–Crippen LogP) is 0.749. The van der Waals surface area contributed by atoms with Crippen LogP contribution >= 0.6 is 0 Å². The second-order valence-corrected chi connectivity index (χ2v) is 3.80. The summed E-state index contributed by atoms with van der Waals surface area (Å²) in [4.78, 5) is 10.6. The van der Waals surface area contributed by atoms with Crippen LogP contribution in [0.25, 0.3) is 0 Å². The van der Waals surface area contributed by atoms with Crippen molar-refractivity contribution in [1.29, 1.82) is 0 Å². The first kappa shape index (κ1) is 12.3. The fourth-order valence-electron chi connectivity index (χ4n) is 1.52. The topological polar surface area (TPSA) is 93.2 Å². The molecule has 0 radical (unpaired) electrons. The maximum absolute atomic E-state index is 10.6. The molecule has 2 N–H and O–H groups in total. The number of hydrogen-bond acceptors (Lipinski definition) is 5. The monoisotopic (exact) mass is 250 g/mol. The number of nitrogens with zero attached hydrogens (tertiary/aromatic N) is 3. The number of aryl methyl sites for hydroxylation is 1. The van der Waals surface area contributed by atoms with E-state index in [-0.39, 0.29) is 5.56 Å². The molecule has 0 atom stereocenters. The largest absolute Gasteiger partial charge is 0.478 e. The van der Waals surface area contributed by atoms with Gasteiger partial charge in [-0.25, -0.2) is 4.79 Å². The van der Waals surface area contributed by atoms with Crippen LogP contribution in [0.5, 0.6) is 0 Å². The fourth-order valence-corrected chi connectivity index (χ4v) is 1.52. The third kappa shape index (κ3) is 3.42. The Hall–Kier alpha value is -2.15. The molecule has 7 heteroatoms. The van der Waals surface area contributed by atoms with Crippen LogP contribution in [0.4, 0.5) is 0 Å². The SMILES string of the molecule is O=C(O)c1coc(CNCCCn2ccnn2)c1. The van der Waals surface area contributed by atoms with Gasteiger partial charge in [-0.3, -0.25) is 4.68 Å². The van der Waals surface area contributed by atoms with Crippen LogP contribution in [0, 0.1) is 0 Å². The van der Waals surface area contributed by atoms with Gasteiger partial charge in [0.1, 0.15) is 12.0 Å². The first-order chi connectivity index (χ1) is 8.75. The van der Waals surface area contributed by atoms with E-state index in [9.17, 15) is 4.79 Å². The molecule has 0 bridgehead atoms. The highest BCUT2D eigenvalue weighted by Gasteiger charge is 2.07. The number of rotatable bonds is 7. The molecule has 0 saturated carbocycles. The van der Waals surface area contributed by atoms with Crippen molar-refractivity contribution < 1.29 is 14.3 Å². The average Bonchev–Trinajstić information content (AvgIpc) is 2.98. The first-order valence-corrected chi connectivity index (χ1v) is 5.61. The van der Waals surface area contributed by atoms with Crippen LogP contribution in [0.15, 0.2) is 29.1 Å². The van der Waals surface area contributed by atoms with Gasteiger partial charge in [-0.05, 0) is 19.0 Å². The lowest BCUT2D eigenvalue weighted by molar-refractivity contribution is 0.0696. The lowest BCUT2D eigenvalue weighted by atomic mass is 10.3. The van der Waals surface area contributed by atoms with Gasteiger partial charge < -0.3 is 14.8 Å². The van der Waals surface area contributed by atoms with E-state index in [0.29, 0.717) is 12.3 Å². The number of nitrogens with one attached hydrogen (secondary N) is 1. The molecule has 2 heterocycles. The minimum atomic E-state index is -0.976. The Kier molecular flexibility index (Phi) is 4.08. The predicted molar refractivity (Wildman–Crippen MR) is 62.0 cm³/mol. The summed E-state index contributed by atoms with van der Waals surface area (Å²) < 4.78 is 6.87. The highest BCUT2D eigenvalue weighted by Crippen LogP contribution is 2.07. The van der Waals surface area contributed by atoms with Gasteiger partial charge in [-0.15, -0.1) is 5.10 Å². The second-order valence-electron chi connectivity index (χ2n) is 3.80. The molecule has 0 aliphatic carbocycles. The third-order valence-corrected chi connectivity index (χ3v) is 2.41. The van der Waals surface area contributed by atoms with Crippen molar-refractivity contribution in [2.45, 2.75) is 19.5 Å². The highest BCUT2D eigenvalue weighted by atomic mass is 16.4. The summed E-state index contributed by atoms with van der Waals surface area (Å²) in [5.74, 6) is -0.357. The molecule has 0 aromatic carbocycles. The van der Waals surface area contributed by atoms with Gasteiger partial charge in [0.25, 0.3) is 0 Å². The van der Waals surface area contributed by atoms with Crippen LogP contribution in [0.2, 0.25) is 0 Å². The number of carboxylic acids is 1. The van der Waals surface area contributed by atoms with Crippen molar-refractivity contribution >= 4 is 5.97 Å². The number of carboxylic acid groups (broad SMARTS) is 1. The number of hydrogen-bond donors (Lipinski definition) is 2. The Bertz CT molecular complexity index is 492. The Morgan fingerprint density at radius 1 is 1.56 bits per heavy atom. The third-order valence-electron chi connectivity index (χ3n) is 2.41. The van der Waals surface area contributed by atoms with Crippen LogP contribution in [0.3, 0.4) is 0 Å².